The van der Waals surface area contributed by atoms with Gasteiger partial charge in [-0.1, -0.05) is 12.1 Å². The summed E-state index contributed by atoms with van der Waals surface area (Å²) in [6, 6.07) is 8.15. The number of aromatic nitrogens is 1. The van der Waals surface area contributed by atoms with E-state index in [0.29, 0.717) is 31.7 Å². The normalized spacial score (nSPS) is 14.5. The molecule has 1 aliphatic rings. The number of pyridine rings is 1. The van der Waals surface area contributed by atoms with Gasteiger partial charge in [-0.3, -0.25) is 9.78 Å². The molecule has 0 spiro atoms. The van der Waals surface area contributed by atoms with E-state index in [-0.39, 0.29) is 11.7 Å². The zero-order chi connectivity index (χ0) is 16.8. The third-order valence-electron chi connectivity index (χ3n) is 3.97. The molecule has 1 aromatic heterocycles. The Balaban J connectivity index is 1.55. The molecule has 1 saturated heterocycles. The quantitative estimate of drug-likeness (QED) is 0.912. The number of benzene rings is 1. The largest absolute Gasteiger partial charge is 0.378 e. The van der Waals surface area contributed by atoms with Crippen molar-refractivity contribution in [3.05, 3.63) is 59.7 Å². The maximum Gasteiger partial charge on any atom is 0.252 e. The number of hydrogen-bond acceptors (Lipinski definition) is 4. The molecule has 2 aromatic rings. The van der Waals surface area contributed by atoms with Crippen molar-refractivity contribution >= 4 is 11.6 Å². The number of ether oxygens (including phenoxy) is 1. The molecule has 2 heterocycles. The summed E-state index contributed by atoms with van der Waals surface area (Å²) in [6.07, 6.45) is 3.99. The van der Waals surface area contributed by atoms with Crippen LogP contribution in [-0.2, 0) is 11.2 Å². The lowest BCUT2D eigenvalue weighted by atomic mass is 10.1. The van der Waals surface area contributed by atoms with Crippen molar-refractivity contribution in [2.75, 3.05) is 37.7 Å². The van der Waals surface area contributed by atoms with E-state index in [2.05, 4.69) is 15.2 Å². The van der Waals surface area contributed by atoms with Gasteiger partial charge in [-0.25, -0.2) is 4.39 Å². The lowest BCUT2D eigenvalue weighted by Crippen LogP contribution is -2.36. The Hall–Kier alpha value is -2.47. The molecule has 5 nitrogen and oxygen atoms in total. The molecule has 24 heavy (non-hydrogen) atoms. The number of anilines is 1. The first kappa shape index (κ1) is 16.4. The highest BCUT2D eigenvalue weighted by molar-refractivity contribution is 5.94. The topological polar surface area (TPSA) is 54.5 Å². The van der Waals surface area contributed by atoms with Gasteiger partial charge < -0.3 is 15.0 Å². The first-order valence-corrected chi connectivity index (χ1v) is 8.03. The van der Waals surface area contributed by atoms with Crippen molar-refractivity contribution < 1.29 is 13.9 Å². The molecule has 0 aliphatic carbocycles. The lowest BCUT2D eigenvalue weighted by molar-refractivity contribution is 0.0953. The number of morpholine rings is 1. The van der Waals surface area contributed by atoms with Crippen LogP contribution in [0.25, 0.3) is 0 Å². The Labute approximate surface area is 140 Å². The van der Waals surface area contributed by atoms with Crippen LogP contribution in [0.15, 0.2) is 42.7 Å². The molecule has 0 saturated carbocycles. The summed E-state index contributed by atoms with van der Waals surface area (Å²) < 4.78 is 18.2. The van der Waals surface area contributed by atoms with Gasteiger partial charge in [0.2, 0.25) is 0 Å². The highest BCUT2D eigenvalue weighted by Crippen LogP contribution is 2.16. The summed E-state index contributed by atoms with van der Waals surface area (Å²) in [5.74, 6) is -0.409. The first-order valence-electron chi connectivity index (χ1n) is 8.03. The Morgan fingerprint density at radius 3 is 2.71 bits per heavy atom. The minimum absolute atomic E-state index is 0.153. The molecule has 1 fully saturated rings. The van der Waals surface area contributed by atoms with E-state index in [0.717, 1.165) is 24.3 Å². The second-order valence-corrected chi connectivity index (χ2v) is 5.66. The smallest absolute Gasteiger partial charge is 0.252 e. The summed E-state index contributed by atoms with van der Waals surface area (Å²) in [7, 11) is 0. The summed E-state index contributed by atoms with van der Waals surface area (Å²) in [5, 5.41) is 2.88. The van der Waals surface area contributed by atoms with Crippen molar-refractivity contribution in [3.63, 3.8) is 0 Å². The summed E-state index contributed by atoms with van der Waals surface area (Å²) in [5.41, 5.74) is 2.46. The van der Waals surface area contributed by atoms with Gasteiger partial charge in [0.15, 0.2) is 0 Å². The number of nitrogens with one attached hydrogen (secondary N) is 1. The number of amides is 1. The molecule has 1 aliphatic heterocycles. The minimum Gasteiger partial charge on any atom is -0.378 e. The van der Waals surface area contributed by atoms with Gasteiger partial charge >= 0.3 is 0 Å². The number of halogens is 1. The maximum absolute atomic E-state index is 12.9. The van der Waals surface area contributed by atoms with Gasteiger partial charge in [-0.2, -0.15) is 0 Å². The van der Waals surface area contributed by atoms with Gasteiger partial charge in [-0.15, -0.1) is 0 Å². The minimum atomic E-state index is -0.256. The van der Waals surface area contributed by atoms with Crippen LogP contribution in [-0.4, -0.2) is 43.7 Å². The average molecular weight is 329 g/mol. The number of nitrogens with zero attached hydrogens (tertiary/aromatic N) is 2. The Bertz CT molecular complexity index is 685. The second kappa shape index (κ2) is 7.88. The fourth-order valence-corrected chi connectivity index (χ4v) is 2.62. The van der Waals surface area contributed by atoms with E-state index in [4.69, 9.17) is 4.74 Å². The van der Waals surface area contributed by atoms with Crippen LogP contribution in [0.2, 0.25) is 0 Å². The summed E-state index contributed by atoms with van der Waals surface area (Å²) in [4.78, 5) is 18.6. The number of hydrogen-bond donors (Lipinski definition) is 1. The first-order chi connectivity index (χ1) is 11.7. The van der Waals surface area contributed by atoms with E-state index in [1.54, 1.807) is 24.5 Å². The molecule has 0 radical (unpaired) electrons. The molecule has 0 bridgehead atoms. The van der Waals surface area contributed by atoms with Crippen LogP contribution < -0.4 is 10.2 Å². The zero-order valence-corrected chi connectivity index (χ0v) is 13.4. The van der Waals surface area contributed by atoms with Crippen molar-refractivity contribution in [2.45, 2.75) is 6.42 Å². The van der Waals surface area contributed by atoms with Crippen LogP contribution in [0.5, 0.6) is 0 Å². The van der Waals surface area contributed by atoms with Crippen LogP contribution >= 0.6 is 0 Å². The fraction of sp³-hybridized carbons (Fsp3) is 0.333. The molecular formula is C18H20FN3O2. The Morgan fingerprint density at radius 1 is 1.21 bits per heavy atom. The molecule has 0 unspecified atom stereocenters. The molecule has 1 N–H and O–H groups in total. The van der Waals surface area contributed by atoms with E-state index in [1.807, 2.05) is 6.07 Å². The summed E-state index contributed by atoms with van der Waals surface area (Å²) >= 11 is 0. The van der Waals surface area contributed by atoms with Crippen LogP contribution in [0, 0.1) is 5.82 Å². The number of carbonyl (C=O) groups excluding carboxylic acids is 1. The molecule has 1 aromatic carbocycles. The van der Waals surface area contributed by atoms with Crippen molar-refractivity contribution in [2.24, 2.45) is 0 Å². The average Bonchev–Trinajstić information content (AvgIpc) is 2.64. The van der Waals surface area contributed by atoms with Crippen LogP contribution in [0.3, 0.4) is 0 Å². The predicted molar refractivity (Wildman–Crippen MR) is 89.7 cm³/mol. The highest BCUT2D eigenvalue weighted by Gasteiger charge is 2.14. The van der Waals surface area contributed by atoms with Gasteiger partial charge in [-0.05, 0) is 30.2 Å². The zero-order valence-electron chi connectivity index (χ0n) is 13.4. The van der Waals surface area contributed by atoms with Gasteiger partial charge in [0, 0.05) is 25.8 Å². The van der Waals surface area contributed by atoms with E-state index >= 15 is 0 Å². The molecule has 1 amide bonds. The predicted octanol–water partition coefficient (Wildman–Crippen LogP) is 2.03. The fourth-order valence-electron chi connectivity index (χ4n) is 2.62. The SMILES string of the molecule is O=C(NCCc1ccc(F)cc1)c1cncc(N2CCOCC2)c1. The molecule has 0 atom stereocenters. The Morgan fingerprint density at radius 2 is 1.96 bits per heavy atom. The Kier molecular flexibility index (Phi) is 5.38. The van der Waals surface area contributed by atoms with Gasteiger partial charge in [0.05, 0.1) is 30.7 Å². The standard InChI is InChI=1S/C18H20FN3O2/c19-16-3-1-14(2-4-16)5-6-21-18(23)15-11-17(13-20-12-15)22-7-9-24-10-8-22/h1-4,11-13H,5-10H2,(H,21,23). The van der Waals surface area contributed by atoms with Crippen LogP contribution in [0.1, 0.15) is 15.9 Å². The molecule has 6 heteroatoms. The van der Waals surface area contributed by atoms with Crippen LogP contribution in [0.4, 0.5) is 10.1 Å². The molecule has 126 valence electrons. The summed E-state index contributed by atoms with van der Waals surface area (Å²) in [6.45, 7) is 3.48. The van der Waals surface area contributed by atoms with Crippen molar-refractivity contribution in [1.29, 1.82) is 0 Å². The van der Waals surface area contributed by atoms with Gasteiger partial charge in [0.1, 0.15) is 5.82 Å². The number of rotatable bonds is 5. The van der Waals surface area contributed by atoms with E-state index < -0.39 is 0 Å². The molecule has 3 rings (SSSR count). The second-order valence-electron chi connectivity index (χ2n) is 5.66. The lowest BCUT2D eigenvalue weighted by Gasteiger charge is -2.28. The third-order valence-corrected chi connectivity index (χ3v) is 3.97. The molecular weight excluding hydrogens is 309 g/mol. The maximum atomic E-state index is 12.9. The van der Waals surface area contributed by atoms with E-state index in [1.165, 1.54) is 12.1 Å². The van der Waals surface area contributed by atoms with Crippen molar-refractivity contribution in [1.82, 2.24) is 10.3 Å². The van der Waals surface area contributed by atoms with Crippen molar-refractivity contribution in [3.8, 4) is 0 Å². The highest BCUT2D eigenvalue weighted by atomic mass is 19.1. The third kappa shape index (κ3) is 4.29. The van der Waals surface area contributed by atoms with E-state index in [9.17, 15) is 9.18 Å². The monoisotopic (exact) mass is 329 g/mol. The number of carbonyl (C=O) groups is 1. The van der Waals surface area contributed by atoms with Gasteiger partial charge in [0.25, 0.3) is 5.91 Å².